The number of rotatable bonds is 8. The Balaban J connectivity index is 0.000000203. The lowest BCUT2D eigenvalue weighted by Crippen LogP contribution is -2.19. The minimum absolute atomic E-state index is 0.263. The normalized spacial score (nSPS) is 11.2. The Morgan fingerprint density at radius 1 is 0.714 bits per heavy atom. The molecule has 3 rings (SSSR count). The summed E-state index contributed by atoms with van der Waals surface area (Å²) in [5.74, 6) is -1.16. The van der Waals surface area contributed by atoms with Crippen LogP contribution in [0.1, 0.15) is 23.1 Å². The summed E-state index contributed by atoms with van der Waals surface area (Å²) in [6, 6.07) is 30.4. The Hall–Kier alpha value is -2.95. The fourth-order valence-electron chi connectivity index (χ4n) is 2.61. The lowest BCUT2D eigenvalue weighted by molar-refractivity contribution is -0.146. The van der Waals surface area contributed by atoms with Crippen molar-refractivity contribution < 1.29 is 15.0 Å². The van der Waals surface area contributed by atoms with E-state index in [9.17, 15) is 4.79 Å². The molecular weight excluding hydrogens is 350 g/mol. The van der Waals surface area contributed by atoms with Crippen molar-refractivity contribution in [2.24, 2.45) is 0 Å². The molecule has 0 spiro atoms. The molecule has 4 heteroatoms. The van der Waals surface area contributed by atoms with Gasteiger partial charge in [-0.15, -0.1) is 0 Å². The number of aliphatic hydroxyl groups excluding tert-OH is 1. The number of carbonyl (C=O) groups is 1. The van der Waals surface area contributed by atoms with Crippen molar-refractivity contribution >= 4 is 5.97 Å². The molecule has 3 aromatic carbocycles. The quantitative estimate of drug-likeness (QED) is 0.554. The van der Waals surface area contributed by atoms with Crippen molar-refractivity contribution in [2.45, 2.75) is 32.0 Å². The Bertz CT molecular complexity index is 752. The molecule has 4 nitrogen and oxygen atoms in total. The smallest absolute Gasteiger partial charge is 0.332 e. The van der Waals surface area contributed by atoms with Crippen molar-refractivity contribution in [3.05, 3.63) is 108 Å². The number of nitrogens with one attached hydrogen (secondary N) is 1. The van der Waals surface area contributed by atoms with Gasteiger partial charge < -0.3 is 15.5 Å². The number of hydrogen-bond donors (Lipinski definition) is 3. The van der Waals surface area contributed by atoms with Crippen molar-refractivity contribution in [1.82, 2.24) is 5.32 Å². The first-order valence-corrected chi connectivity index (χ1v) is 9.38. The molecule has 0 heterocycles. The molecule has 0 bridgehead atoms. The van der Waals surface area contributed by atoms with Gasteiger partial charge in [0.1, 0.15) is 0 Å². The van der Waals surface area contributed by atoms with Crippen LogP contribution in [0.3, 0.4) is 0 Å². The van der Waals surface area contributed by atoms with Crippen LogP contribution in [0, 0.1) is 0 Å². The zero-order valence-corrected chi connectivity index (χ0v) is 15.9. The van der Waals surface area contributed by atoms with Gasteiger partial charge in [-0.2, -0.15) is 0 Å². The van der Waals surface area contributed by atoms with Crippen LogP contribution in [-0.2, 0) is 24.3 Å². The summed E-state index contributed by atoms with van der Waals surface area (Å²) in [7, 11) is 0. The molecule has 0 aliphatic carbocycles. The summed E-state index contributed by atoms with van der Waals surface area (Å²) < 4.78 is 0. The number of carboxylic acid groups (broad SMARTS) is 1. The second kappa shape index (κ2) is 12.4. The second-order valence-electron chi connectivity index (χ2n) is 6.45. The standard InChI is InChI=1S/C14H15N.C10H12O3/c1-3-7-13(8-4-1)11-15-12-14-9-5-2-6-10-14;11-9(10(12)13)7-6-8-4-2-1-3-5-8/h1-10,15H,11-12H2;1-5,9,11H,6-7H2,(H,12,13)/t;9-/m.0/s1. The number of benzene rings is 3. The maximum atomic E-state index is 10.3. The zero-order valence-electron chi connectivity index (χ0n) is 15.9. The van der Waals surface area contributed by atoms with E-state index in [0.717, 1.165) is 18.7 Å². The molecule has 28 heavy (non-hydrogen) atoms. The van der Waals surface area contributed by atoms with Gasteiger partial charge in [0.05, 0.1) is 0 Å². The van der Waals surface area contributed by atoms with Gasteiger partial charge in [-0.3, -0.25) is 0 Å². The van der Waals surface area contributed by atoms with Crippen LogP contribution in [-0.4, -0.2) is 22.3 Å². The van der Waals surface area contributed by atoms with E-state index in [2.05, 4.69) is 53.8 Å². The summed E-state index contributed by atoms with van der Waals surface area (Å²) in [5, 5.41) is 20.8. The van der Waals surface area contributed by atoms with Crippen LogP contribution in [0.4, 0.5) is 0 Å². The monoisotopic (exact) mass is 377 g/mol. The molecule has 0 aliphatic rings. The van der Waals surface area contributed by atoms with E-state index < -0.39 is 12.1 Å². The Labute approximate surface area is 166 Å². The molecule has 0 amide bonds. The lowest BCUT2D eigenvalue weighted by atomic mass is 10.1. The molecule has 146 valence electrons. The average Bonchev–Trinajstić information content (AvgIpc) is 2.75. The third-order valence-electron chi connectivity index (χ3n) is 4.18. The van der Waals surface area contributed by atoms with Gasteiger partial charge >= 0.3 is 5.97 Å². The molecule has 3 N–H and O–H groups in total. The molecule has 1 atom stereocenters. The Kier molecular flexibility index (Phi) is 9.49. The lowest BCUT2D eigenvalue weighted by Gasteiger charge is -2.04. The van der Waals surface area contributed by atoms with Gasteiger partial charge in [0.15, 0.2) is 6.10 Å². The minimum Gasteiger partial charge on any atom is -0.479 e. The summed E-state index contributed by atoms with van der Waals surface area (Å²) in [6.45, 7) is 1.85. The Morgan fingerprint density at radius 2 is 1.11 bits per heavy atom. The minimum atomic E-state index is -1.25. The highest BCUT2D eigenvalue weighted by Crippen LogP contribution is 2.04. The first-order valence-electron chi connectivity index (χ1n) is 9.38. The highest BCUT2D eigenvalue weighted by atomic mass is 16.4. The van der Waals surface area contributed by atoms with Crippen LogP contribution < -0.4 is 5.32 Å². The largest absolute Gasteiger partial charge is 0.479 e. The summed E-state index contributed by atoms with van der Waals surface area (Å²) >= 11 is 0. The number of aliphatic carboxylic acids is 1. The van der Waals surface area contributed by atoms with Crippen molar-refractivity contribution in [2.75, 3.05) is 0 Å². The molecule has 0 saturated carbocycles. The van der Waals surface area contributed by atoms with Crippen LogP contribution >= 0.6 is 0 Å². The van der Waals surface area contributed by atoms with Crippen LogP contribution in [0.15, 0.2) is 91.0 Å². The molecule has 0 radical (unpaired) electrons. The average molecular weight is 377 g/mol. The van der Waals surface area contributed by atoms with Crippen LogP contribution in [0.5, 0.6) is 0 Å². The molecular formula is C24H27NO3. The maximum absolute atomic E-state index is 10.3. The highest BCUT2D eigenvalue weighted by molar-refractivity contribution is 5.71. The molecule has 0 fully saturated rings. The van der Waals surface area contributed by atoms with Crippen LogP contribution in [0.2, 0.25) is 0 Å². The Morgan fingerprint density at radius 3 is 1.50 bits per heavy atom. The van der Waals surface area contributed by atoms with Gasteiger partial charge in [0.25, 0.3) is 0 Å². The second-order valence-corrected chi connectivity index (χ2v) is 6.45. The zero-order chi connectivity index (χ0) is 20.0. The van der Waals surface area contributed by atoms with E-state index in [-0.39, 0.29) is 6.42 Å². The van der Waals surface area contributed by atoms with Crippen molar-refractivity contribution in [3.8, 4) is 0 Å². The maximum Gasteiger partial charge on any atom is 0.332 e. The van der Waals surface area contributed by atoms with E-state index in [1.165, 1.54) is 11.1 Å². The first-order chi connectivity index (χ1) is 13.6. The first kappa shape index (κ1) is 21.4. The van der Waals surface area contributed by atoms with E-state index in [1.54, 1.807) is 0 Å². The summed E-state index contributed by atoms with van der Waals surface area (Å²) in [4.78, 5) is 10.3. The molecule has 0 aliphatic heterocycles. The van der Waals surface area contributed by atoms with E-state index in [4.69, 9.17) is 10.2 Å². The van der Waals surface area contributed by atoms with Crippen molar-refractivity contribution in [1.29, 1.82) is 0 Å². The van der Waals surface area contributed by atoms with Gasteiger partial charge in [0, 0.05) is 13.1 Å². The van der Waals surface area contributed by atoms with Gasteiger partial charge in [-0.1, -0.05) is 91.0 Å². The van der Waals surface area contributed by atoms with Crippen LogP contribution in [0.25, 0.3) is 0 Å². The third kappa shape index (κ3) is 8.62. The van der Waals surface area contributed by atoms with E-state index in [0.29, 0.717) is 6.42 Å². The fourth-order valence-corrected chi connectivity index (χ4v) is 2.61. The predicted molar refractivity (Wildman–Crippen MR) is 112 cm³/mol. The third-order valence-corrected chi connectivity index (χ3v) is 4.18. The molecule has 0 unspecified atom stereocenters. The number of aryl methyl sites for hydroxylation is 1. The fraction of sp³-hybridized carbons (Fsp3) is 0.208. The van der Waals surface area contributed by atoms with Gasteiger partial charge in [0.2, 0.25) is 0 Å². The van der Waals surface area contributed by atoms with E-state index in [1.807, 2.05) is 42.5 Å². The number of carboxylic acids is 1. The number of aliphatic hydroxyl groups is 1. The topological polar surface area (TPSA) is 69.6 Å². The molecule has 3 aromatic rings. The summed E-state index contributed by atoms with van der Waals surface area (Å²) in [6.07, 6.45) is -0.395. The highest BCUT2D eigenvalue weighted by Gasteiger charge is 2.11. The number of hydrogen-bond acceptors (Lipinski definition) is 3. The molecule has 0 aromatic heterocycles. The predicted octanol–water partition coefficient (Wildman–Crippen LogP) is 4.04. The van der Waals surface area contributed by atoms with E-state index >= 15 is 0 Å². The summed E-state index contributed by atoms with van der Waals surface area (Å²) in [5.41, 5.74) is 3.70. The van der Waals surface area contributed by atoms with Gasteiger partial charge in [-0.25, -0.2) is 4.79 Å². The van der Waals surface area contributed by atoms with Crippen molar-refractivity contribution in [3.63, 3.8) is 0 Å². The van der Waals surface area contributed by atoms with Gasteiger partial charge in [-0.05, 0) is 29.5 Å². The SMILES string of the molecule is O=C(O)[C@@H](O)CCc1ccccc1.c1ccc(CNCc2ccccc2)cc1. The molecule has 0 saturated heterocycles.